The smallest absolute Gasteiger partial charge is 0.223 e. The average molecular weight is 544 g/mol. The summed E-state index contributed by atoms with van der Waals surface area (Å²) >= 11 is 6.46. The average Bonchev–Trinajstić information content (AvgIpc) is 3.64. The number of aromatic nitrogens is 4. The first-order chi connectivity index (χ1) is 19.0. The molecule has 1 aliphatic carbocycles. The van der Waals surface area contributed by atoms with Crippen LogP contribution in [-0.2, 0) is 17.8 Å². The van der Waals surface area contributed by atoms with Crippen LogP contribution in [0.25, 0.3) is 22.8 Å². The monoisotopic (exact) mass is 543 g/mol. The first-order valence-corrected chi connectivity index (χ1v) is 13.9. The van der Waals surface area contributed by atoms with Crippen LogP contribution in [0.1, 0.15) is 43.2 Å². The summed E-state index contributed by atoms with van der Waals surface area (Å²) in [5.74, 6) is 2.11. The lowest BCUT2D eigenvalue weighted by molar-refractivity contribution is -0.133. The molecule has 2 aromatic heterocycles. The zero-order chi connectivity index (χ0) is 27.2. The quantitative estimate of drug-likeness (QED) is 0.232. The first kappa shape index (κ1) is 26.9. The maximum Gasteiger partial charge on any atom is 0.223 e. The summed E-state index contributed by atoms with van der Waals surface area (Å²) in [6, 6.07) is 18.1. The number of aryl methyl sites for hydroxylation is 2. The van der Waals surface area contributed by atoms with Crippen LogP contribution < -0.4 is 4.74 Å². The molecule has 1 amide bonds. The largest absolute Gasteiger partial charge is 0.495 e. The highest BCUT2D eigenvalue weighted by molar-refractivity contribution is 6.32. The highest BCUT2D eigenvalue weighted by atomic mass is 35.5. The van der Waals surface area contributed by atoms with Gasteiger partial charge < -0.3 is 9.64 Å². The Balaban J connectivity index is 1.39. The van der Waals surface area contributed by atoms with Crippen molar-refractivity contribution in [2.75, 3.05) is 13.7 Å². The van der Waals surface area contributed by atoms with Gasteiger partial charge in [-0.2, -0.15) is 5.10 Å². The minimum atomic E-state index is 0.200. The standard InChI is InChI=1S/C31H34ClN5O2/c1-22-7-9-23(10-8-22)11-14-29(38)36(26-5-3-4-6-26)19-20-37-31(25-12-13-28(39-2)27(32)21-25)34-30(35-37)24-15-17-33-18-16-24/h7-10,12-13,15-18,21,26H,3-6,11,14,19-20H2,1-2H3. The van der Waals surface area contributed by atoms with Gasteiger partial charge in [-0.25, -0.2) is 9.67 Å². The van der Waals surface area contributed by atoms with Gasteiger partial charge in [0.15, 0.2) is 11.6 Å². The van der Waals surface area contributed by atoms with Gasteiger partial charge in [0.05, 0.1) is 18.7 Å². The molecular weight excluding hydrogens is 510 g/mol. The number of nitrogens with zero attached hydrogens (tertiary/aromatic N) is 5. The van der Waals surface area contributed by atoms with E-state index in [9.17, 15) is 4.79 Å². The lowest BCUT2D eigenvalue weighted by Gasteiger charge is -2.29. The molecule has 0 unspecified atom stereocenters. The van der Waals surface area contributed by atoms with E-state index in [1.807, 2.05) is 35.0 Å². The lowest BCUT2D eigenvalue weighted by Crippen LogP contribution is -2.41. The van der Waals surface area contributed by atoms with Crippen molar-refractivity contribution in [1.29, 1.82) is 0 Å². The Morgan fingerprint density at radius 2 is 1.79 bits per heavy atom. The van der Waals surface area contributed by atoms with Crippen molar-refractivity contribution < 1.29 is 9.53 Å². The maximum absolute atomic E-state index is 13.5. The van der Waals surface area contributed by atoms with Gasteiger partial charge in [0.25, 0.3) is 0 Å². The zero-order valence-electron chi connectivity index (χ0n) is 22.5. The number of hydrogen-bond acceptors (Lipinski definition) is 5. The van der Waals surface area contributed by atoms with E-state index in [1.54, 1.807) is 19.5 Å². The summed E-state index contributed by atoms with van der Waals surface area (Å²) in [6.45, 7) is 3.19. The van der Waals surface area contributed by atoms with Crippen molar-refractivity contribution in [1.82, 2.24) is 24.6 Å². The van der Waals surface area contributed by atoms with Crippen molar-refractivity contribution in [3.63, 3.8) is 0 Å². The fourth-order valence-electron chi connectivity index (χ4n) is 5.22. The predicted molar refractivity (Wildman–Crippen MR) is 154 cm³/mol. The van der Waals surface area contributed by atoms with Crippen LogP contribution in [0.15, 0.2) is 67.0 Å². The number of benzene rings is 2. The molecule has 0 radical (unpaired) electrons. The molecule has 0 atom stereocenters. The van der Waals surface area contributed by atoms with E-state index in [-0.39, 0.29) is 11.9 Å². The maximum atomic E-state index is 13.5. The Kier molecular flexibility index (Phi) is 8.57. The molecule has 2 heterocycles. The number of carbonyl (C=O) groups excluding carboxylic acids is 1. The minimum Gasteiger partial charge on any atom is -0.495 e. The van der Waals surface area contributed by atoms with E-state index < -0.39 is 0 Å². The molecule has 0 bridgehead atoms. The van der Waals surface area contributed by atoms with Crippen molar-refractivity contribution in [3.8, 4) is 28.5 Å². The van der Waals surface area contributed by atoms with E-state index in [2.05, 4.69) is 41.1 Å². The number of pyridine rings is 1. The summed E-state index contributed by atoms with van der Waals surface area (Å²) in [6.07, 6.45) is 9.14. The van der Waals surface area contributed by atoms with Crippen molar-refractivity contribution >= 4 is 17.5 Å². The molecule has 7 nitrogen and oxygen atoms in total. The van der Waals surface area contributed by atoms with E-state index in [4.69, 9.17) is 26.4 Å². The summed E-state index contributed by atoms with van der Waals surface area (Å²) in [5.41, 5.74) is 4.14. The van der Waals surface area contributed by atoms with E-state index >= 15 is 0 Å². The number of carbonyl (C=O) groups is 1. The van der Waals surface area contributed by atoms with Gasteiger partial charge in [-0.15, -0.1) is 0 Å². The predicted octanol–water partition coefficient (Wildman–Crippen LogP) is 6.38. The number of rotatable bonds is 10. The number of halogens is 1. The molecule has 1 saturated carbocycles. The first-order valence-electron chi connectivity index (χ1n) is 13.6. The Hall–Kier alpha value is -3.71. The minimum absolute atomic E-state index is 0.200. The molecule has 2 aromatic carbocycles. The second-order valence-corrected chi connectivity index (χ2v) is 10.5. The molecular formula is C31H34ClN5O2. The van der Waals surface area contributed by atoms with E-state index in [0.29, 0.717) is 41.9 Å². The Bertz CT molecular complexity index is 1400. The number of methoxy groups -OCH3 is 1. The number of hydrogen-bond donors (Lipinski definition) is 0. The van der Waals surface area contributed by atoms with E-state index in [1.165, 1.54) is 11.1 Å². The van der Waals surface area contributed by atoms with Crippen LogP contribution >= 0.6 is 11.6 Å². The highest BCUT2D eigenvalue weighted by Crippen LogP contribution is 2.31. The van der Waals surface area contributed by atoms with Crippen LogP contribution in [0, 0.1) is 6.92 Å². The molecule has 202 valence electrons. The third-order valence-corrected chi connectivity index (χ3v) is 7.70. The summed E-state index contributed by atoms with van der Waals surface area (Å²) < 4.78 is 7.23. The van der Waals surface area contributed by atoms with E-state index in [0.717, 1.165) is 43.2 Å². The topological polar surface area (TPSA) is 73.1 Å². The lowest BCUT2D eigenvalue weighted by atomic mass is 10.1. The van der Waals surface area contributed by atoms with Crippen LogP contribution in [0.3, 0.4) is 0 Å². The molecule has 0 N–H and O–H groups in total. The summed E-state index contributed by atoms with van der Waals surface area (Å²) in [5, 5.41) is 5.36. The molecule has 0 aliphatic heterocycles. The van der Waals surface area contributed by atoms with Gasteiger partial charge >= 0.3 is 0 Å². The van der Waals surface area contributed by atoms with Crippen molar-refractivity contribution in [2.24, 2.45) is 0 Å². The Labute approximate surface area is 234 Å². The zero-order valence-corrected chi connectivity index (χ0v) is 23.3. The summed E-state index contributed by atoms with van der Waals surface area (Å²) in [7, 11) is 1.60. The van der Waals surface area contributed by atoms with Crippen molar-refractivity contribution in [3.05, 3.63) is 83.1 Å². The van der Waals surface area contributed by atoms with Gasteiger partial charge in [0.2, 0.25) is 5.91 Å². The normalized spacial score (nSPS) is 13.5. The molecule has 0 spiro atoms. The molecule has 0 saturated heterocycles. The second-order valence-electron chi connectivity index (χ2n) is 10.1. The Morgan fingerprint density at radius 1 is 1.05 bits per heavy atom. The van der Waals surface area contributed by atoms with Gasteiger partial charge in [-0.1, -0.05) is 54.3 Å². The molecule has 1 aliphatic rings. The van der Waals surface area contributed by atoms with Gasteiger partial charge in [-0.05, 0) is 62.1 Å². The van der Waals surface area contributed by atoms with Crippen LogP contribution in [0.5, 0.6) is 5.75 Å². The fourth-order valence-corrected chi connectivity index (χ4v) is 5.48. The highest BCUT2D eigenvalue weighted by Gasteiger charge is 2.27. The molecule has 1 fully saturated rings. The third kappa shape index (κ3) is 6.48. The number of ether oxygens (including phenoxy) is 1. The molecule has 8 heteroatoms. The molecule has 4 aromatic rings. The SMILES string of the molecule is COc1ccc(-c2nc(-c3ccncc3)nn2CCN(C(=O)CCc2ccc(C)cc2)C2CCCC2)cc1Cl. The second kappa shape index (κ2) is 12.4. The van der Waals surface area contributed by atoms with Crippen LogP contribution in [0.2, 0.25) is 5.02 Å². The van der Waals surface area contributed by atoms with Gasteiger partial charge in [-0.3, -0.25) is 9.78 Å². The van der Waals surface area contributed by atoms with Crippen molar-refractivity contribution in [2.45, 2.75) is 58.0 Å². The molecule has 39 heavy (non-hydrogen) atoms. The van der Waals surface area contributed by atoms with Gasteiger partial charge in [0.1, 0.15) is 5.75 Å². The molecule has 5 rings (SSSR count). The third-order valence-electron chi connectivity index (χ3n) is 7.41. The fraction of sp³-hybridized carbons (Fsp3) is 0.355. The van der Waals surface area contributed by atoms with Gasteiger partial charge in [0, 0.05) is 42.5 Å². The summed E-state index contributed by atoms with van der Waals surface area (Å²) in [4.78, 5) is 24.6. The van der Waals surface area contributed by atoms with Crippen LogP contribution in [0.4, 0.5) is 0 Å². The number of amides is 1. The van der Waals surface area contributed by atoms with Crippen LogP contribution in [-0.4, -0.2) is 50.3 Å². The Morgan fingerprint density at radius 3 is 2.49 bits per heavy atom.